The van der Waals surface area contributed by atoms with Crippen molar-refractivity contribution in [3.05, 3.63) is 0 Å². The third kappa shape index (κ3) is 6.23. The summed E-state index contributed by atoms with van der Waals surface area (Å²) < 4.78 is 27.0. The fourth-order valence-electron chi connectivity index (χ4n) is 1.18. The number of likely N-dealkylation sites (N-methyl/N-ethyl adjacent to an activating group) is 2. The van der Waals surface area contributed by atoms with E-state index in [1.165, 1.54) is 13.8 Å². The van der Waals surface area contributed by atoms with Gasteiger partial charge in [0.2, 0.25) is 0 Å². The Morgan fingerprint density at radius 2 is 1.50 bits per heavy atom. The van der Waals surface area contributed by atoms with E-state index >= 15 is 0 Å². The highest BCUT2D eigenvalue weighted by atomic mass is 19.2. The number of nitrogens with one attached hydrogen (secondary N) is 3. The second kappa shape index (κ2) is 5.58. The summed E-state index contributed by atoms with van der Waals surface area (Å²) in [6, 6.07) is 0. The van der Waals surface area contributed by atoms with Crippen LogP contribution in [0.25, 0.3) is 0 Å². The molecule has 0 saturated carbocycles. The molecule has 0 saturated heterocycles. The van der Waals surface area contributed by atoms with Crippen molar-refractivity contribution in [3.63, 3.8) is 0 Å². The second-order valence-corrected chi connectivity index (χ2v) is 3.81. The minimum atomic E-state index is -1.59. The molecule has 0 heterocycles. The van der Waals surface area contributed by atoms with Gasteiger partial charge in [-0.1, -0.05) is 6.92 Å². The van der Waals surface area contributed by atoms with Gasteiger partial charge in [-0.25, -0.2) is 8.78 Å². The Balaban J connectivity index is 3.90. The Morgan fingerprint density at radius 3 is 1.93 bits per heavy atom. The largest absolute Gasteiger partial charge is 0.315 e. The normalized spacial score (nSPS) is 20.1. The third-order valence-electron chi connectivity index (χ3n) is 1.84. The molecule has 0 unspecified atom stereocenters. The minimum Gasteiger partial charge on any atom is -0.315 e. The van der Waals surface area contributed by atoms with Crippen molar-refractivity contribution in [1.29, 1.82) is 0 Å². The second-order valence-electron chi connectivity index (χ2n) is 3.81. The molecule has 3 nitrogen and oxygen atoms in total. The average Bonchev–Trinajstić information content (AvgIpc) is 2.01. The SMILES string of the molecule is CCN[C@@](C)(F)CN[C@](C)(F)CNC. The fourth-order valence-corrected chi connectivity index (χ4v) is 1.18. The molecule has 0 amide bonds. The quantitative estimate of drug-likeness (QED) is 0.542. The van der Waals surface area contributed by atoms with E-state index in [-0.39, 0.29) is 13.1 Å². The summed E-state index contributed by atoms with van der Waals surface area (Å²) in [5.74, 6) is -3.16. The van der Waals surface area contributed by atoms with E-state index in [0.29, 0.717) is 6.54 Å². The first-order valence-corrected chi connectivity index (χ1v) is 4.85. The van der Waals surface area contributed by atoms with Crippen molar-refractivity contribution < 1.29 is 8.78 Å². The van der Waals surface area contributed by atoms with Gasteiger partial charge in [-0.15, -0.1) is 0 Å². The molecular weight excluding hydrogens is 188 g/mol. The van der Waals surface area contributed by atoms with Gasteiger partial charge in [0.05, 0.1) is 0 Å². The predicted molar refractivity (Wildman–Crippen MR) is 54.6 cm³/mol. The van der Waals surface area contributed by atoms with Gasteiger partial charge in [-0.2, -0.15) is 0 Å². The van der Waals surface area contributed by atoms with Crippen LogP contribution in [-0.2, 0) is 0 Å². The number of halogens is 2. The van der Waals surface area contributed by atoms with Gasteiger partial charge < -0.3 is 5.32 Å². The van der Waals surface area contributed by atoms with Crippen molar-refractivity contribution in [3.8, 4) is 0 Å². The predicted octanol–water partition coefficient (Wildman–Crippen LogP) is 0.776. The molecule has 5 heteroatoms. The molecule has 0 bridgehead atoms. The van der Waals surface area contributed by atoms with Gasteiger partial charge in [0, 0.05) is 13.1 Å². The highest BCUT2D eigenvalue weighted by Crippen LogP contribution is 2.08. The molecular formula is C9H21F2N3. The number of rotatable bonds is 7. The van der Waals surface area contributed by atoms with Gasteiger partial charge in [-0.05, 0) is 27.4 Å². The van der Waals surface area contributed by atoms with E-state index < -0.39 is 11.6 Å². The fraction of sp³-hybridized carbons (Fsp3) is 1.00. The summed E-state index contributed by atoms with van der Waals surface area (Å²) in [7, 11) is 1.65. The van der Waals surface area contributed by atoms with Crippen LogP contribution in [0.1, 0.15) is 20.8 Å². The highest BCUT2D eigenvalue weighted by molar-refractivity contribution is 4.79. The van der Waals surface area contributed by atoms with E-state index in [2.05, 4.69) is 16.0 Å². The summed E-state index contributed by atoms with van der Waals surface area (Å²) >= 11 is 0. The van der Waals surface area contributed by atoms with Crippen LogP contribution in [-0.4, -0.2) is 38.3 Å². The third-order valence-corrected chi connectivity index (χ3v) is 1.84. The Kier molecular flexibility index (Phi) is 5.48. The molecule has 0 fully saturated rings. The van der Waals surface area contributed by atoms with Crippen LogP contribution < -0.4 is 16.0 Å². The molecule has 0 aromatic heterocycles. The molecule has 0 aliphatic rings. The molecule has 86 valence electrons. The van der Waals surface area contributed by atoms with Crippen LogP contribution in [0.2, 0.25) is 0 Å². The van der Waals surface area contributed by atoms with Crippen LogP contribution in [0.5, 0.6) is 0 Å². The Morgan fingerprint density at radius 1 is 1.00 bits per heavy atom. The van der Waals surface area contributed by atoms with Gasteiger partial charge in [0.25, 0.3) is 0 Å². The number of hydrogen-bond acceptors (Lipinski definition) is 3. The van der Waals surface area contributed by atoms with Gasteiger partial charge in [0.1, 0.15) is 0 Å². The summed E-state index contributed by atoms with van der Waals surface area (Å²) in [6.07, 6.45) is 0. The maximum Gasteiger partial charge on any atom is 0.171 e. The molecule has 0 radical (unpaired) electrons. The summed E-state index contributed by atoms with van der Waals surface area (Å²) in [6.45, 7) is 5.18. The first-order chi connectivity index (χ1) is 6.33. The van der Waals surface area contributed by atoms with Crippen molar-refractivity contribution in [1.82, 2.24) is 16.0 Å². The molecule has 0 aromatic carbocycles. The molecule has 0 aliphatic heterocycles. The molecule has 2 atom stereocenters. The lowest BCUT2D eigenvalue weighted by atomic mass is 10.2. The minimum absolute atomic E-state index is 0.0600. The molecule has 0 aromatic rings. The Hall–Kier alpha value is -0.260. The summed E-state index contributed by atoms with van der Waals surface area (Å²) in [5.41, 5.74) is 0. The van der Waals surface area contributed by atoms with Gasteiger partial charge in [0.15, 0.2) is 11.6 Å². The first kappa shape index (κ1) is 13.7. The maximum atomic E-state index is 13.5. The zero-order valence-electron chi connectivity index (χ0n) is 9.38. The van der Waals surface area contributed by atoms with Crippen molar-refractivity contribution in [2.45, 2.75) is 32.4 Å². The molecule has 0 rings (SSSR count). The zero-order chi connectivity index (χ0) is 11.2. The molecule has 0 aliphatic carbocycles. The monoisotopic (exact) mass is 209 g/mol. The van der Waals surface area contributed by atoms with Gasteiger partial charge >= 0.3 is 0 Å². The van der Waals surface area contributed by atoms with E-state index in [9.17, 15) is 8.78 Å². The average molecular weight is 209 g/mol. The Labute approximate surface area is 84.6 Å². The van der Waals surface area contributed by atoms with Crippen molar-refractivity contribution in [2.75, 3.05) is 26.7 Å². The van der Waals surface area contributed by atoms with Crippen LogP contribution in [0.15, 0.2) is 0 Å². The number of alkyl halides is 2. The standard InChI is InChI=1S/C9H21F2N3/c1-5-13-9(3,11)7-14-8(2,10)6-12-4/h12-14H,5-7H2,1-4H3/t8-,9+/m0/s1. The number of hydrogen-bond donors (Lipinski definition) is 3. The lowest BCUT2D eigenvalue weighted by Crippen LogP contribution is -2.54. The first-order valence-electron chi connectivity index (χ1n) is 4.85. The Bertz CT molecular complexity index is 142. The topological polar surface area (TPSA) is 36.1 Å². The van der Waals surface area contributed by atoms with Gasteiger partial charge in [-0.3, -0.25) is 10.6 Å². The van der Waals surface area contributed by atoms with Crippen LogP contribution in [0.3, 0.4) is 0 Å². The van der Waals surface area contributed by atoms with E-state index in [1.54, 1.807) is 14.0 Å². The lowest BCUT2D eigenvalue weighted by molar-refractivity contribution is 0.0768. The molecule has 14 heavy (non-hydrogen) atoms. The van der Waals surface area contributed by atoms with E-state index in [4.69, 9.17) is 0 Å². The summed E-state index contributed by atoms with van der Waals surface area (Å²) in [4.78, 5) is 0. The lowest BCUT2D eigenvalue weighted by Gasteiger charge is -2.27. The van der Waals surface area contributed by atoms with Crippen molar-refractivity contribution in [2.24, 2.45) is 0 Å². The van der Waals surface area contributed by atoms with Crippen LogP contribution in [0, 0.1) is 0 Å². The zero-order valence-corrected chi connectivity index (χ0v) is 9.38. The molecule has 3 N–H and O–H groups in total. The van der Waals surface area contributed by atoms with Crippen molar-refractivity contribution >= 4 is 0 Å². The van der Waals surface area contributed by atoms with E-state index in [0.717, 1.165) is 0 Å². The maximum absolute atomic E-state index is 13.5. The van der Waals surface area contributed by atoms with Crippen LogP contribution in [0.4, 0.5) is 8.78 Å². The summed E-state index contributed by atoms with van der Waals surface area (Å²) in [5, 5.41) is 7.83. The van der Waals surface area contributed by atoms with Crippen LogP contribution >= 0.6 is 0 Å². The highest BCUT2D eigenvalue weighted by Gasteiger charge is 2.28. The van der Waals surface area contributed by atoms with E-state index in [1.807, 2.05) is 0 Å². The smallest absolute Gasteiger partial charge is 0.171 e. The molecule has 0 spiro atoms.